The van der Waals surface area contributed by atoms with E-state index in [-0.39, 0.29) is 33.7 Å². The van der Waals surface area contributed by atoms with E-state index in [9.17, 15) is 18.0 Å². The summed E-state index contributed by atoms with van der Waals surface area (Å²) < 4.78 is 39.5. The van der Waals surface area contributed by atoms with Crippen molar-refractivity contribution in [3.63, 3.8) is 0 Å². The molecule has 3 aromatic carbocycles. The minimum atomic E-state index is -4.11. The van der Waals surface area contributed by atoms with Crippen molar-refractivity contribution in [3.8, 4) is 11.5 Å². The molecule has 0 aromatic heterocycles. The summed E-state index contributed by atoms with van der Waals surface area (Å²) in [6, 6.07) is 16.1. The maximum absolute atomic E-state index is 13.3. The molecule has 0 saturated heterocycles. The summed E-state index contributed by atoms with van der Waals surface area (Å²) in [7, 11) is -1.20. The van der Waals surface area contributed by atoms with Crippen LogP contribution in [-0.4, -0.2) is 47.5 Å². The van der Waals surface area contributed by atoms with Crippen LogP contribution < -0.4 is 24.4 Å². The molecule has 0 spiro atoms. The first-order chi connectivity index (χ1) is 17.3. The number of anilines is 2. The summed E-state index contributed by atoms with van der Waals surface area (Å²) in [6.07, 6.45) is 0.659. The number of nitrogens with one attached hydrogen (secondary N) is 2. The molecule has 10 heteroatoms. The fraction of sp³-hybridized carbons (Fsp3) is 0.231. The van der Waals surface area contributed by atoms with Gasteiger partial charge in [-0.3, -0.25) is 14.3 Å². The van der Waals surface area contributed by atoms with Gasteiger partial charge in [-0.05, 0) is 73.5 Å². The molecule has 188 valence electrons. The number of fused-ring (bicyclic) bond motifs is 1. The summed E-state index contributed by atoms with van der Waals surface area (Å²) in [5.74, 6) is 0.180. The summed E-state index contributed by atoms with van der Waals surface area (Å²) >= 11 is 0. The van der Waals surface area contributed by atoms with Gasteiger partial charge in [0.1, 0.15) is 16.4 Å². The quantitative estimate of drug-likeness (QED) is 0.481. The molecule has 2 N–H and O–H groups in total. The van der Waals surface area contributed by atoms with Crippen LogP contribution in [0.2, 0.25) is 0 Å². The monoisotopic (exact) mass is 509 g/mol. The van der Waals surface area contributed by atoms with Crippen molar-refractivity contribution in [2.24, 2.45) is 0 Å². The van der Waals surface area contributed by atoms with E-state index in [0.717, 1.165) is 5.56 Å². The SMILES string of the molecule is CCNC(=O)c1ccc(OC)c(S(=O)(=O)Nc2ccc3c(c2)N(C(=O)c2ccc(OC)cc2)CC3)c1. The first-order valence-electron chi connectivity index (χ1n) is 11.3. The van der Waals surface area contributed by atoms with E-state index in [2.05, 4.69) is 10.0 Å². The molecule has 0 aliphatic carbocycles. The van der Waals surface area contributed by atoms with E-state index < -0.39 is 10.0 Å². The number of hydrogen-bond donors (Lipinski definition) is 2. The van der Waals surface area contributed by atoms with E-state index in [1.807, 2.05) is 0 Å². The number of carbonyl (C=O) groups excluding carboxylic acids is 2. The Morgan fingerprint density at radius 3 is 2.33 bits per heavy atom. The number of benzene rings is 3. The van der Waals surface area contributed by atoms with E-state index >= 15 is 0 Å². The first kappa shape index (κ1) is 25.1. The van der Waals surface area contributed by atoms with Crippen LogP contribution in [0.15, 0.2) is 65.6 Å². The maximum atomic E-state index is 13.3. The van der Waals surface area contributed by atoms with Gasteiger partial charge >= 0.3 is 0 Å². The molecule has 1 heterocycles. The van der Waals surface area contributed by atoms with Crippen LogP contribution in [-0.2, 0) is 16.4 Å². The molecule has 3 aromatic rings. The molecule has 36 heavy (non-hydrogen) atoms. The lowest BCUT2D eigenvalue weighted by Crippen LogP contribution is -2.28. The molecule has 1 aliphatic heterocycles. The lowest BCUT2D eigenvalue weighted by molar-refractivity contribution is 0.0953. The average Bonchev–Trinajstić information content (AvgIpc) is 3.31. The maximum Gasteiger partial charge on any atom is 0.265 e. The number of ether oxygens (including phenoxy) is 2. The minimum absolute atomic E-state index is 0.105. The summed E-state index contributed by atoms with van der Waals surface area (Å²) in [5, 5.41) is 2.65. The highest BCUT2D eigenvalue weighted by Crippen LogP contribution is 2.34. The van der Waals surface area contributed by atoms with Gasteiger partial charge in [-0.15, -0.1) is 0 Å². The van der Waals surface area contributed by atoms with E-state index in [4.69, 9.17) is 9.47 Å². The van der Waals surface area contributed by atoms with Crippen LogP contribution in [0.25, 0.3) is 0 Å². The molecule has 0 unspecified atom stereocenters. The second-order valence-corrected chi connectivity index (χ2v) is 9.76. The molecule has 4 rings (SSSR count). The Labute approximate surface area is 210 Å². The third-order valence-corrected chi connectivity index (χ3v) is 7.27. The number of rotatable bonds is 8. The Balaban J connectivity index is 1.62. The third kappa shape index (κ3) is 4.99. The predicted molar refractivity (Wildman–Crippen MR) is 137 cm³/mol. The van der Waals surface area contributed by atoms with Crippen LogP contribution in [0.4, 0.5) is 11.4 Å². The second kappa shape index (κ2) is 10.3. The fourth-order valence-electron chi connectivity index (χ4n) is 4.04. The van der Waals surface area contributed by atoms with Gasteiger partial charge in [0.15, 0.2) is 0 Å². The number of carbonyl (C=O) groups is 2. The van der Waals surface area contributed by atoms with Gasteiger partial charge in [-0.1, -0.05) is 6.07 Å². The average molecular weight is 510 g/mol. The smallest absolute Gasteiger partial charge is 0.265 e. The molecule has 0 bridgehead atoms. The molecule has 9 nitrogen and oxygen atoms in total. The molecule has 0 radical (unpaired) electrons. The Morgan fingerprint density at radius 2 is 1.67 bits per heavy atom. The van der Waals surface area contributed by atoms with Crippen LogP contribution >= 0.6 is 0 Å². The molecule has 2 amide bonds. The summed E-state index contributed by atoms with van der Waals surface area (Å²) in [5.41, 5.74) is 2.56. The molecular formula is C26H27N3O6S. The fourth-order valence-corrected chi connectivity index (χ4v) is 5.29. The highest BCUT2D eigenvalue weighted by Gasteiger charge is 2.27. The van der Waals surface area contributed by atoms with Gasteiger partial charge < -0.3 is 19.7 Å². The van der Waals surface area contributed by atoms with Crippen LogP contribution in [0.1, 0.15) is 33.2 Å². The van der Waals surface area contributed by atoms with Crippen LogP contribution in [0.5, 0.6) is 11.5 Å². The molecule has 0 fully saturated rings. The Morgan fingerprint density at radius 1 is 0.944 bits per heavy atom. The number of sulfonamides is 1. The minimum Gasteiger partial charge on any atom is -0.497 e. The van der Waals surface area contributed by atoms with Crippen molar-refractivity contribution in [1.82, 2.24) is 5.32 Å². The van der Waals surface area contributed by atoms with Crippen LogP contribution in [0.3, 0.4) is 0 Å². The highest BCUT2D eigenvalue weighted by molar-refractivity contribution is 7.92. The van der Waals surface area contributed by atoms with Gasteiger partial charge in [0, 0.05) is 29.9 Å². The Bertz CT molecular complexity index is 1400. The molecule has 0 atom stereocenters. The lowest BCUT2D eigenvalue weighted by Gasteiger charge is -2.19. The van der Waals surface area contributed by atoms with Crippen molar-refractivity contribution in [3.05, 3.63) is 77.4 Å². The lowest BCUT2D eigenvalue weighted by atomic mass is 10.1. The van der Waals surface area contributed by atoms with Gasteiger partial charge in [0.05, 0.1) is 19.9 Å². The number of amides is 2. The predicted octanol–water partition coefficient (Wildman–Crippen LogP) is 3.46. The summed E-state index contributed by atoms with van der Waals surface area (Å²) in [6.45, 7) is 2.67. The first-order valence-corrected chi connectivity index (χ1v) is 12.8. The Kier molecular flexibility index (Phi) is 7.16. The zero-order valence-corrected chi connectivity index (χ0v) is 21.0. The number of methoxy groups -OCH3 is 2. The Hall–Kier alpha value is -4.05. The highest BCUT2D eigenvalue weighted by atomic mass is 32.2. The van der Waals surface area contributed by atoms with Gasteiger partial charge in [-0.25, -0.2) is 8.42 Å². The zero-order chi connectivity index (χ0) is 25.9. The van der Waals surface area contributed by atoms with E-state index in [0.29, 0.717) is 36.5 Å². The van der Waals surface area contributed by atoms with Crippen molar-refractivity contribution in [2.75, 3.05) is 36.9 Å². The second-order valence-electron chi connectivity index (χ2n) is 8.11. The van der Waals surface area contributed by atoms with Crippen molar-refractivity contribution in [2.45, 2.75) is 18.2 Å². The van der Waals surface area contributed by atoms with E-state index in [1.165, 1.54) is 25.3 Å². The molecular weight excluding hydrogens is 482 g/mol. The van der Waals surface area contributed by atoms with Gasteiger partial charge in [0.25, 0.3) is 21.8 Å². The van der Waals surface area contributed by atoms with Crippen molar-refractivity contribution < 1.29 is 27.5 Å². The van der Waals surface area contributed by atoms with Gasteiger partial charge in [-0.2, -0.15) is 0 Å². The van der Waals surface area contributed by atoms with Crippen molar-refractivity contribution >= 4 is 33.2 Å². The molecule has 0 saturated carbocycles. The standard InChI is InChI=1S/C26H27N3O6S/c1-4-27-25(30)19-8-12-23(35-3)24(15-19)36(32,33)28-20-9-5-17-13-14-29(22(17)16-20)26(31)18-6-10-21(34-2)11-7-18/h5-12,15-16,28H,4,13-14H2,1-3H3,(H,27,30). The summed E-state index contributed by atoms with van der Waals surface area (Å²) in [4.78, 5) is 26.9. The third-order valence-electron chi connectivity index (χ3n) is 5.87. The van der Waals surface area contributed by atoms with Crippen molar-refractivity contribution in [1.29, 1.82) is 0 Å². The normalized spacial score (nSPS) is 12.6. The van der Waals surface area contributed by atoms with Crippen LogP contribution in [0, 0.1) is 0 Å². The number of nitrogens with zero attached hydrogens (tertiary/aromatic N) is 1. The largest absolute Gasteiger partial charge is 0.497 e. The topological polar surface area (TPSA) is 114 Å². The zero-order valence-electron chi connectivity index (χ0n) is 20.2. The van der Waals surface area contributed by atoms with Gasteiger partial charge in [0.2, 0.25) is 0 Å². The van der Waals surface area contributed by atoms with E-state index in [1.54, 1.807) is 61.4 Å². The number of hydrogen-bond acceptors (Lipinski definition) is 6. The molecule has 1 aliphatic rings.